The summed E-state index contributed by atoms with van der Waals surface area (Å²) in [6, 6.07) is 9.84. The van der Waals surface area contributed by atoms with Gasteiger partial charge in [0.15, 0.2) is 11.5 Å². The maximum absolute atomic E-state index is 12.6. The average Bonchev–Trinajstić information content (AvgIpc) is 2.79. The van der Waals surface area contributed by atoms with Gasteiger partial charge in [0.25, 0.3) is 11.6 Å². The third kappa shape index (κ3) is 5.46. The van der Waals surface area contributed by atoms with E-state index in [2.05, 4.69) is 16.0 Å². The fraction of sp³-hybridized carbons (Fsp3) is 0.300. The lowest BCUT2D eigenvalue weighted by Crippen LogP contribution is -2.70. The van der Waals surface area contributed by atoms with Crippen molar-refractivity contribution in [3.8, 4) is 11.5 Å². The maximum Gasteiger partial charge on any atom is 0.269 e. The number of thioether (sulfide) groups is 1. The first-order valence-corrected chi connectivity index (χ1v) is 10.6. The highest BCUT2D eigenvalue weighted by Gasteiger charge is 2.35. The van der Waals surface area contributed by atoms with Gasteiger partial charge >= 0.3 is 0 Å². The van der Waals surface area contributed by atoms with E-state index in [1.54, 1.807) is 24.3 Å². The van der Waals surface area contributed by atoms with Gasteiger partial charge in [0.05, 0.1) is 25.3 Å². The largest absolute Gasteiger partial charge is 0.493 e. The molecule has 3 atom stereocenters. The van der Waals surface area contributed by atoms with Crippen molar-refractivity contribution in [2.75, 3.05) is 14.2 Å². The second-order valence-electron chi connectivity index (χ2n) is 6.84. The normalized spacial score (nSPS) is 20.2. The molecule has 0 aliphatic carbocycles. The predicted octanol–water partition coefficient (Wildman–Crippen LogP) is 0.932. The molecule has 2 aromatic rings. The van der Waals surface area contributed by atoms with Crippen molar-refractivity contribution in [1.29, 1.82) is 0 Å². The lowest BCUT2D eigenvalue weighted by atomic mass is 10.1. The predicted molar refractivity (Wildman–Crippen MR) is 118 cm³/mol. The lowest BCUT2D eigenvalue weighted by Gasteiger charge is -2.35. The van der Waals surface area contributed by atoms with Crippen molar-refractivity contribution in [1.82, 2.24) is 16.0 Å². The monoisotopic (exact) mass is 461 g/mol. The quantitative estimate of drug-likeness (QED) is 0.331. The van der Waals surface area contributed by atoms with E-state index in [0.717, 1.165) is 5.56 Å². The summed E-state index contributed by atoms with van der Waals surface area (Å²) in [5.74, 6) is 0.446. The molecule has 32 heavy (non-hydrogen) atoms. The zero-order valence-electron chi connectivity index (χ0n) is 17.4. The summed E-state index contributed by atoms with van der Waals surface area (Å²) in [5, 5.41) is 19.2. The van der Waals surface area contributed by atoms with E-state index >= 15 is 0 Å². The number of ether oxygens (including phenoxy) is 2. The number of non-ortho nitro benzene ring substituents is 1. The number of methoxy groups -OCH3 is 2. The van der Waals surface area contributed by atoms with Crippen LogP contribution in [0.2, 0.25) is 0 Å². The minimum Gasteiger partial charge on any atom is -0.493 e. The number of benzene rings is 2. The van der Waals surface area contributed by atoms with Gasteiger partial charge in [-0.25, -0.2) is 0 Å². The van der Waals surface area contributed by atoms with Crippen LogP contribution in [0.1, 0.15) is 15.9 Å². The molecule has 0 bridgehead atoms. The molecular formula is C20H23N5O6S. The van der Waals surface area contributed by atoms with Crippen molar-refractivity contribution in [2.24, 2.45) is 5.73 Å². The van der Waals surface area contributed by atoms with Crippen LogP contribution < -0.4 is 31.2 Å². The number of nitro benzene ring substituents is 1. The van der Waals surface area contributed by atoms with Gasteiger partial charge in [-0.2, -0.15) is 0 Å². The number of carbonyl (C=O) groups excluding carboxylic acids is 2. The minimum atomic E-state index is -0.980. The first kappa shape index (κ1) is 23.3. The molecule has 5 N–H and O–H groups in total. The van der Waals surface area contributed by atoms with Crippen molar-refractivity contribution in [2.45, 2.75) is 23.5 Å². The Kier molecular flexibility index (Phi) is 7.51. The molecule has 1 fully saturated rings. The second-order valence-corrected chi connectivity index (χ2v) is 7.93. The Morgan fingerprint density at radius 2 is 1.88 bits per heavy atom. The Bertz CT molecular complexity index is 1000. The van der Waals surface area contributed by atoms with E-state index in [-0.39, 0.29) is 11.3 Å². The van der Waals surface area contributed by atoms with Gasteiger partial charge in [-0.05, 0) is 23.8 Å². The van der Waals surface area contributed by atoms with Gasteiger partial charge in [0.2, 0.25) is 5.91 Å². The molecule has 2 aromatic carbocycles. The van der Waals surface area contributed by atoms with Gasteiger partial charge in [-0.1, -0.05) is 12.1 Å². The number of nitrogens with one attached hydrogen (secondary N) is 3. The number of nitrogens with zero attached hydrogens (tertiary/aromatic N) is 1. The Hall–Kier alpha value is -3.35. The van der Waals surface area contributed by atoms with Crippen LogP contribution in [0.15, 0.2) is 42.5 Å². The number of carbonyl (C=O) groups is 2. The van der Waals surface area contributed by atoms with Crippen molar-refractivity contribution in [3.63, 3.8) is 0 Å². The first-order valence-electron chi connectivity index (χ1n) is 9.52. The van der Waals surface area contributed by atoms with Crippen LogP contribution in [0, 0.1) is 10.1 Å². The molecule has 2 amide bonds. The van der Waals surface area contributed by atoms with E-state index in [9.17, 15) is 19.7 Å². The Labute approximate surface area is 188 Å². The van der Waals surface area contributed by atoms with Crippen LogP contribution in [-0.2, 0) is 10.5 Å². The summed E-state index contributed by atoms with van der Waals surface area (Å²) in [4.78, 5) is 35.4. The smallest absolute Gasteiger partial charge is 0.269 e. The second kappa shape index (κ2) is 10.3. The van der Waals surface area contributed by atoms with Gasteiger partial charge in [0.1, 0.15) is 11.5 Å². The molecule has 3 rings (SSSR count). The maximum atomic E-state index is 12.6. The molecule has 1 heterocycles. The minimum absolute atomic E-state index is 0.0120. The zero-order chi connectivity index (χ0) is 23.3. The average molecular weight is 462 g/mol. The van der Waals surface area contributed by atoms with Gasteiger partial charge in [-0.15, -0.1) is 11.8 Å². The number of rotatable bonds is 8. The van der Waals surface area contributed by atoms with E-state index in [1.807, 2.05) is 0 Å². The Morgan fingerprint density at radius 1 is 1.19 bits per heavy atom. The molecule has 1 aliphatic rings. The molecule has 12 heteroatoms. The molecule has 3 unspecified atom stereocenters. The molecule has 1 saturated heterocycles. The fourth-order valence-corrected chi connectivity index (χ4v) is 4.04. The molecule has 0 saturated carbocycles. The van der Waals surface area contributed by atoms with Gasteiger partial charge in [0, 0.05) is 23.4 Å². The Balaban J connectivity index is 1.57. The standard InChI is InChI=1S/C20H23N5O6S/c1-30-14-8-5-12(9-15(14)31-2)18(26)22-16-17(21)23-20(24-19(16)27)32-10-11-3-6-13(7-4-11)25(28)29/h3-9,16-17,20,23H,10,21H2,1-2H3,(H,22,26)(H,24,27). The van der Waals surface area contributed by atoms with E-state index in [1.165, 1.54) is 44.2 Å². The topological polar surface area (TPSA) is 158 Å². The molecule has 0 aromatic heterocycles. The number of hydrogen-bond donors (Lipinski definition) is 4. The fourth-order valence-electron chi connectivity index (χ4n) is 3.04. The van der Waals surface area contributed by atoms with E-state index in [4.69, 9.17) is 15.2 Å². The van der Waals surface area contributed by atoms with Gasteiger partial charge in [-0.3, -0.25) is 25.0 Å². The summed E-state index contributed by atoms with van der Waals surface area (Å²) in [7, 11) is 2.95. The zero-order valence-corrected chi connectivity index (χ0v) is 18.2. The van der Waals surface area contributed by atoms with Gasteiger partial charge < -0.3 is 25.8 Å². The summed E-state index contributed by atoms with van der Waals surface area (Å²) < 4.78 is 10.4. The van der Waals surface area contributed by atoms with Crippen LogP contribution in [0.4, 0.5) is 5.69 Å². The summed E-state index contributed by atoms with van der Waals surface area (Å²) >= 11 is 1.36. The summed E-state index contributed by atoms with van der Waals surface area (Å²) in [5.41, 5.74) is 6.76. The van der Waals surface area contributed by atoms with Crippen LogP contribution in [0.5, 0.6) is 11.5 Å². The first-order chi connectivity index (χ1) is 15.3. The summed E-state index contributed by atoms with van der Waals surface area (Å²) in [6.45, 7) is 0. The number of nitro groups is 1. The number of amides is 2. The third-order valence-electron chi connectivity index (χ3n) is 4.75. The van der Waals surface area contributed by atoms with Crippen molar-refractivity contribution >= 4 is 29.3 Å². The molecule has 170 valence electrons. The lowest BCUT2D eigenvalue weighted by molar-refractivity contribution is -0.384. The van der Waals surface area contributed by atoms with E-state index < -0.39 is 34.4 Å². The highest BCUT2D eigenvalue weighted by atomic mass is 32.2. The SMILES string of the molecule is COc1ccc(C(=O)NC2C(=O)NC(SCc3ccc([N+](=O)[O-])cc3)NC2N)cc1OC. The highest BCUT2D eigenvalue weighted by Crippen LogP contribution is 2.27. The molecule has 0 spiro atoms. The molecular weight excluding hydrogens is 438 g/mol. The third-order valence-corrected chi connectivity index (χ3v) is 5.84. The molecule has 11 nitrogen and oxygen atoms in total. The van der Waals surface area contributed by atoms with Crippen molar-refractivity contribution in [3.05, 3.63) is 63.7 Å². The number of hydrogen-bond acceptors (Lipinski definition) is 9. The van der Waals surface area contributed by atoms with Crippen molar-refractivity contribution < 1.29 is 24.0 Å². The van der Waals surface area contributed by atoms with Crippen LogP contribution in [-0.4, -0.2) is 48.7 Å². The molecule has 0 radical (unpaired) electrons. The number of nitrogens with two attached hydrogens (primary N) is 1. The van der Waals surface area contributed by atoms with Crippen LogP contribution in [0.3, 0.4) is 0 Å². The van der Waals surface area contributed by atoms with Crippen LogP contribution in [0.25, 0.3) is 0 Å². The Morgan fingerprint density at radius 3 is 2.47 bits per heavy atom. The molecule has 1 aliphatic heterocycles. The summed E-state index contributed by atoms with van der Waals surface area (Å²) in [6.07, 6.45) is -0.817. The highest BCUT2D eigenvalue weighted by molar-refractivity contribution is 7.99. The van der Waals surface area contributed by atoms with E-state index in [0.29, 0.717) is 17.3 Å². The van der Waals surface area contributed by atoms with Crippen LogP contribution >= 0.6 is 11.8 Å².